The fourth-order valence-electron chi connectivity index (χ4n) is 3.12. The molecule has 2 heterocycles. The lowest BCUT2D eigenvalue weighted by Gasteiger charge is -2.11. The molecule has 0 saturated heterocycles. The van der Waals surface area contributed by atoms with E-state index in [-0.39, 0.29) is 22.8 Å². The van der Waals surface area contributed by atoms with E-state index in [9.17, 15) is 14.7 Å². The number of H-pyrrole nitrogens is 1. The molecule has 0 fully saturated rings. The molecule has 138 valence electrons. The summed E-state index contributed by atoms with van der Waals surface area (Å²) in [5, 5.41) is 17.8. The number of para-hydroxylation sites is 1. The SMILES string of the molecule is NC(=O)c1nnc2[nH]cc(C(=O)c3ccc(O)cc3)c2c1-c1ccccc1N. The maximum Gasteiger partial charge on any atom is 0.269 e. The summed E-state index contributed by atoms with van der Waals surface area (Å²) >= 11 is 0. The number of nitrogen functional groups attached to an aromatic ring is 1. The van der Waals surface area contributed by atoms with Crippen molar-refractivity contribution in [3.63, 3.8) is 0 Å². The lowest BCUT2D eigenvalue weighted by Crippen LogP contribution is -2.16. The van der Waals surface area contributed by atoms with Gasteiger partial charge in [-0.05, 0) is 30.3 Å². The van der Waals surface area contributed by atoms with Gasteiger partial charge in [-0.3, -0.25) is 9.59 Å². The third-order valence-electron chi connectivity index (χ3n) is 4.43. The first-order valence-electron chi connectivity index (χ1n) is 8.33. The molecule has 0 aliphatic carbocycles. The first kappa shape index (κ1) is 17.2. The summed E-state index contributed by atoms with van der Waals surface area (Å²) in [6, 6.07) is 12.8. The van der Waals surface area contributed by atoms with E-state index in [4.69, 9.17) is 11.5 Å². The minimum Gasteiger partial charge on any atom is -0.508 e. The van der Waals surface area contributed by atoms with Crippen LogP contribution in [0, 0.1) is 0 Å². The smallest absolute Gasteiger partial charge is 0.269 e. The number of aromatic nitrogens is 3. The summed E-state index contributed by atoms with van der Waals surface area (Å²) < 4.78 is 0. The molecule has 4 rings (SSSR count). The Bertz CT molecular complexity index is 1230. The van der Waals surface area contributed by atoms with Crippen molar-refractivity contribution in [3.05, 3.63) is 71.5 Å². The zero-order valence-corrected chi connectivity index (χ0v) is 14.5. The average molecular weight is 373 g/mol. The predicted molar refractivity (Wildman–Crippen MR) is 104 cm³/mol. The Hall–Kier alpha value is -4.20. The number of carbonyl (C=O) groups is 2. The molecule has 0 aliphatic heterocycles. The zero-order chi connectivity index (χ0) is 19.8. The van der Waals surface area contributed by atoms with Crippen molar-refractivity contribution in [2.24, 2.45) is 5.73 Å². The van der Waals surface area contributed by atoms with Gasteiger partial charge in [0.05, 0.1) is 5.56 Å². The minimum atomic E-state index is -0.781. The molecule has 2 aromatic heterocycles. The van der Waals surface area contributed by atoms with Crippen LogP contribution in [-0.2, 0) is 0 Å². The number of rotatable bonds is 4. The van der Waals surface area contributed by atoms with Crippen LogP contribution in [0.25, 0.3) is 22.2 Å². The van der Waals surface area contributed by atoms with Crippen molar-refractivity contribution < 1.29 is 14.7 Å². The number of hydrogen-bond acceptors (Lipinski definition) is 6. The molecule has 6 N–H and O–H groups in total. The third kappa shape index (κ3) is 2.73. The molecule has 8 nitrogen and oxygen atoms in total. The Balaban J connectivity index is 2.04. The second-order valence-electron chi connectivity index (χ2n) is 6.18. The number of phenols is 1. The number of anilines is 1. The fourth-order valence-corrected chi connectivity index (χ4v) is 3.12. The number of nitrogens with zero attached hydrogens (tertiary/aromatic N) is 2. The van der Waals surface area contributed by atoms with Gasteiger partial charge in [0.1, 0.15) is 5.75 Å². The van der Waals surface area contributed by atoms with Crippen LogP contribution < -0.4 is 11.5 Å². The molecule has 4 aromatic rings. The number of phenolic OH excluding ortho intramolecular Hbond substituents is 1. The molecule has 0 atom stereocenters. The number of primary amides is 1. The van der Waals surface area contributed by atoms with Gasteiger partial charge < -0.3 is 21.6 Å². The lowest BCUT2D eigenvalue weighted by molar-refractivity contribution is 0.0993. The Morgan fingerprint density at radius 1 is 1.00 bits per heavy atom. The van der Waals surface area contributed by atoms with Crippen LogP contribution in [0.5, 0.6) is 5.75 Å². The molecule has 2 aromatic carbocycles. The van der Waals surface area contributed by atoms with Gasteiger partial charge in [0, 0.05) is 34.0 Å². The van der Waals surface area contributed by atoms with Crippen LogP contribution in [-0.4, -0.2) is 32.0 Å². The van der Waals surface area contributed by atoms with E-state index in [0.29, 0.717) is 33.4 Å². The van der Waals surface area contributed by atoms with Crippen LogP contribution in [0.1, 0.15) is 26.4 Å². The van der Waals surface area contributed by atoms with Crippen molar-refractivity contribution >= 4 is 28.4 Å². The van der Waals surface area contributed by atoms with Gasteiger partial charge in [0.2, 0.25) is 0 Å². The molecular formula is C20H15N5O3. The predicted octanol–water partition coefficient (Wildman–Crippen LogP) is 2.24. The second kappa shape index (κ2) is 6.51. The number of aromatic amines is 1. The Morgan fingerprint density at radius 2 is 1.71 bits per heavy atom. The summed E-state index contributed by atoms with van der Waals surface area (Å²) in [7, 11) is 0. The van der Waals surface area contributed by atoms with Crippen LogP contribution in [0.3, 0.4) is 0 Å². The number of fused-ring (bicyclic) bond motifs is 1. The summed E-state index contributed by atoms with van der Waals surface area (Å²) in [5.74, 6) is -1.04. The van der Waals surface area contributed by atoms with Crippen molar-refractivity contribution in [1.29, 1.82) is 0 Å². The second-order valence-corrected chi connectivity index (χ2v) is 6.18. The Kier molecular flexibility index (Phi) is 4.00. The number of benzene rings is 2. The summed E-state index contributed by atoms with van der Waals surface area (Å²) in [6.07, 6.45) is 1.50. The van der Waals surface area contributed by atoms with Gasteiger partial charge in [0.25, 0.3) is 5.91 Å². The summed E-state index contributed by atoms with van der Waals surface area (Å²) in [6.45, 7) is 0. The van der Waals surface area contributed by atoms with E-state index in [2.05, 4.69) is 15.2 Å². The molecule has 1 amide bonds. The Morgan fingerprint density at radius 3 is 2.39 bits per heavy atom. The first-order valence-corrected chi connectivity index (χ1v) is 8.33. The van der Waals surface area contributed by atoms with Crippen LogP contribution in [0.15, 0.2) is 54.7 Å². The quantitative estimate of drug-likeness (QED) is 0.318. The topological polar surface area (TPSA) is 148 Å². The molecule has 28 heavy (non-hydrogen) atoms. The molecule has 0 radical (unpaired) electrons. The molecule has 0 spiro atoms. The van der Waals surface area contributed by atoms with Gasteiger partial charge in [0.15, 0.2) is 17.1 Å². The van der Waals surface area contributed by atoms with Crippen molar-refractivity contribution in [3.8, 4) is 16.9 Å². The number of hydrogen-bond donors (Lipinski definition) is 4. The summed E-state index contributed by atoms with van der Waals surface area (Å²) in [5.41, 5.74) is 13.8. The van der Waals surface area contributed by atoms with E-state index >= 15 is 0 Å². The number of ketones is 1. The lowest BCUT2D eigenvalue weighted by atomic mass is 9.94. The maximum absolute atomic E-state index is 13.1. The highest BCUT2D eigenvalue weighted by atomic mass is 16.3. The molecule has 8 heteroatoms. The van der Waals surface area contributed by atoms with Gasteiger partial charge >= 0.3 is 0 Å². The van der Waals surface area contributed by atoms with Crippen LogP contribution in [0.2, 0.25) is 0 Å². The zero-order valence-electron chi connectivity index (χ0n) is 14.5. The number of aromatic hydroxyl groups is 1. The van der Waals surface area contributed by atoms with Crippen LogP contribution in [0.4, 0.5) is 5.69 Å². The fraction of sp³-hybridized carbons (Fsp3) is 0. The largest absolute Gasteiger partial charge is 0.508 e. The molecule has 0 saturated carbocycles. The molecule has 0 aliphatic rings. The highest BCUT2D eigenvalue weighted by molar-refractivity contribution is 6.20. The van der Waals surface area contributed by atoms with Gasteiger partial charge in [-0.2, -0.15) is 0 Å². The highest BCUT2D eigenvalue weighted by Gasteiger charge is 2.24. The standard InChI is InChI=1S/C20H15N5O3/c21-14-4-2-1-3-12(14)15-16-13(18(27)10-5-7-11(26)8-6-10)9-23-20(16)25-24-17(15)19(22)28/h1-9,26H,21H2,(H2,22,28)(H,23,25). The van der Waals surface area contributed by atoms with Gasteiger partial charge in [-0.25, -0.2) is 0 Å². The highest BCUT2D eigenvalue weighted by Crippen LogP contribution is 2.36. The van der Waals surface area contributed by atoms with Gasteiger partial charge in [-0.1, -0.05) is 18.2 Å². The normalized spacial score (nSPS) is 10.9. The van der Waals surface area contributed by atoms with Gasteiger partial charge in [-0.15, -0.1) is 10.2 Å². The van der Waals surface area contributed by atoms with E-state index in [0.717, 1.165) is 0 Å². The van der Waals surface area contributed by atoms with E-state index < -0.39 is 5.91 Å². The summed E-state index contributed by atoms with van der Waals surface area (Å²) in [4.78, 5) is 28.0. The monoisotopic (exact) mass is 373 g/mol. The van der Waals surface area contributed by atoms with E-state index in [1.807, 2.05) is 0 Å². The Labute approximate surface area is 158 Å². The van der Waals surface area contributed by atoms with E-state index in [1.54, 1.807) is 24.3 Å². The minimum absolute atomic E-state index is 0.0510. The molecule has 0 unspecified atom stereocenters. The van der Waals surface area contributed by atoms with Crippen molar-refractivity contribution in [2.75, 3.05) is 5.73 Å². The number of nitrogens with one attached hydrogen (secondary N) is 1. The van der Waals surface area contributed by atoms with Crippen molar-refractivity contribution in [2.45, 2.75) is 0 Å². The number of carbonyl (C=O) groups excluding carboxylic acids is 2. The maximum atomic E-state index is 13.1. The molecule has 0 bridgehead atoms. The first-order chi connectivity index (χ1) is 13.5. The number of amides is 1. The average Bonchev–Trinajstić information content (AvgIpc) is 3.12. The number of nitrogens with two attached hydrogens (primary N) is 2. The molecular weight excluding hydrogens is 358 g/mol. The third-order valence-corrected chi connectivity index (χ3v) is 4.43. The van der Waals surface area contributed by atoms with E-state index in [1.165, 1.54) is 30.5 Å². The van der Waals surface area contributed by atoms with Crippen LogP contribution >= 0.6 is 0 Å². The van der Waals surface area contributed by atoms with Crippen molar-refractivity contribution in [1.82, 2.24) is 15.2 Å².